The predicted molar refractivity (Wildman–Crippen MR) is 98.3 cm³/mol. The lowest BCUT2D eigenvalue weighted by Gasteiger charge is -2.19. The highest BCUT2D eigenvalue weighted by Crippen LogP contribution is 2.20. The molecule has 0 saturated heterocycles. The molecule has 0 saturated carbocycles. The first-order chi connectivity index (χ1) is 11.0. The first-order valence-electron chi connectivity index (χ1n) is 7.91. The standard InChI is InChI=1S/C19H23BrN2O/c1-13(2)19(15-7-5-4-6-8-15)21-12-18(23)22-17-10-9-16(20)11-14(17)3/h4-11,13,19,21H,12H2,1-3H3,(H,22,23)/p+1/t19-/m1/s1. The minimum Gasteiger partial charge on any atom is -0.332 e. The normalized spacial score (nSPS) is 12.2. The zero-order valence-electron chi connectivity index (χ0n) is 13.8. The van der Waals surface area contributed by atoms with Crippen LogP contribution in [0.15, 0.2) is 53.0 Å². The van der Waals surface area contributed by atoms with Gasteiger partial charge in [-0.25, -0.2) is 0 Å². The van der Waals surface area contributed by atoms with Crippen LogP contribution in [0.5, 0.6) is 0 Å². The third-order valence-corrected chi connectivity index (χ3v) is 4.42. The summed E-state index contributed by atoms with van der Waals surface area (Å²) in [6.07, 6.45) is 0. The number of quaternary nitrogens is 1. The number of nitrogens with two attached hydrogens (primary N) is 1. The van der Waals surface area contributed by atoms with Gasteiger partial charge in [0.05, 0.1) is 0 Å². The van der Waals surface area contributed by atoms with Crippen LogP contribution in [0, 0.1) is 12.8 Å². The highest BCUT2D eigenvalue weighted by molar-refractivity contribution is 9.10. The van der Waals surface area contributed by atoms with Crippen LogP contribution in [0.4, 0.5) is 5.69 Å². The van der Waals surface area contributed by atoms with Gasteiger partial charge in [-0.1, -0.05) is 60.1 Å². The highest BCUT2D eigenvalue weighted by Gasteiger charge is 2.20. The fraction of sp³-hybridized carbons (Fsp3) is 0.316. The lowest BCUT2D eigenvalue weighted by Crippen LogP contribution is -2.88. The Bertz CT molecular complexity index is 656. The molecule has 0 radical (unpaired) electrons. The van der Waals surface area contributed by atoms with Gasteiger partial charge in [-0.3, -0.25) is 4.79 Å². The van der Waals surface area contributed by atoms with Gasteiger partial charge in [-0.15, -0.1) is 0 Å². The van der Waals surface area contributed by atoms with Gasteiger partial charge in [-0.2, -0.15) is 0 Å². The summed E-state index contributed by atoms with van der Waals surface area (Å²) in [5.74, 6) is 0.483. The van der Waals surface area contributed by atoms with Crippen molar-refractivity contribution in [2.24, 2.45) is 5.92 Å². The SMILES string of the molecule is Cc1cc(Br)ccc1NC(=O)C[NH2+][C@@H](c1ccccc1)C(C)C. The number of hydrogen-bond acceptors (Lipinski definition) is 1. The lowest BCUT2D eigenvalue weighted by molar-refractivity contribution is -0.692. The van der Waals surface area contributed by atoms with Crippen LogP contribution in [0.3, 0.4) is 0 Å². The molecule has 1 amide bonds. The van der Waals surface area contributed by atoms with E-state index in [2.05, 4.69) is 52.5 Å². The van der Waals surface area contributed by atoms with Crippen molar-refractivity contribution in [1.82, 2.24) is 0 Å². The zero-order valence-corrected chi connectivity index (χ0v) is 15.4. The van der Waals surface area contributed by atoms with Gasteiger partial charge in [0, 0.05) is 21.6 Å². The van der Waals surface area contributed by atoms with Crippen molar-refractivity contribution in [3.05, 3.63) is 64.1 Å². The molecule has 0 aliphatic rings. The molecule has 0 aromatic heterocycles. The molecule has 4 heteroatoms. The number of hydrogen-bond donors (Lipinski definition) is 2. The van der Waals surface area contributed by atoms with Gasteiger partial charge >= 0.3 is 0 Å². The van der Waals surface area contributed by atoms with Crippen molar-refractivity contribution < 1.29 is 10.1 Å². The van der Waals surface area contributed by atoms with Crippen molar-refractivity contribution in [2.45, 2.75) is 26.8 Å². The van der Waals surface area contributed by atoms with Crippen molar-refractivity contribution in [3.63, 3.8) is 0 Å². The average molecular weight is 376 g/mol. The maximum atomic E-state index is 12.3. The summed E-state index contributed by atoms with van der Waals surface area (Å²) >= 11 is 3.44. The van der Waals surface area contributed by atoms with E-state index < -0.39 is 0 Å². The molecule has 1 atom stereocenters. The topological polar surface area (TPSA) is 45.7 Å². The first kappa shape index (κ1) is 17.7. The fourth-order valence-electron chi connectivity index (χ4n) is 2.67. The molecule has 0 spiro atoms. The van der Waals surface area contributed by atoms with Gasteiger partial charge in [0.15, 0.2) is 6.54 Å². The lowest BCUT2D eigenvalue weighted by atomic mass is 9.96. The van der Waals surface area contributed by atoms with Crippen LogP contribution in [0.25, 0.3) is 0 Å². The number of aryl methyl sites for hydroxylation is 1. The van der Waals surface area contributed by atoms with Crippen LogP contribution in [0.1, 0.15) is 31.0 Å². The van der Waals surface area contributed by atoms with E-state index in [0.29, 0.717) is 12.5 Å². The van der Waals surface area contributed by atoms with E-state index in [4.69, 9.17) is 0 Å². The summed E-state index contributed by atoms with van der Waals surface area (Å²) in [7, 11) is 0. The van der Waals surface area contributed by atoms with Gasteiger partial charge < -0.3 is 10.6 Å². The largest absolute Gasteiger partial charge is 0.332 e. The van der Waals surface area contributed by atoms with Crippen molar-refractivity contribution in [3.8, 4) is 0 Å². The third kappa shape index (κ3) is 5.19. The number of halogens is 1. The molecular weight excluding hydrogens is 352 g/mol. The molecule has 0 unspecified atom stereocenters. The number of anilines is 1. The van der Waals surface area contributed by atoms with E-state index >= 15 is 0 Å². The molecule has 0 bridgehead atoms. The summed E-state index contributed by atoms with van der Waals surface area (Å²) in [6, 6.07) is 16.5. The number of carbonyl (C=O) groups excluding carboxylic acids is 1. The van der Waals surface area contributed by atoms with Crippen molar-refractivity contribution in [2.75, 3.05) is 11.9 Å². The molecule has 3 nitrogen and oxygen atoms in total. The zero-order chi connectivity index (χ0) is 16.8. The Morgan fingerprint density at radius 3 is 2.48 bits per heavy atom. The quantitative estimate of drug-likeness (QED) is 0.794. The summed E-state index contributed by atoms with van der Waals surface area (Å²) in [4.78, 5) is 12.3. The molecule has 23 heavy (non-hydrogen) atoms. The Morgan fingerprint density at radius 2 is 1.87 bits per heavy atom. The van der Waals surface area contributed by atoms with Crippen molar-refractivity contribution in [1.29, 1.82) is 0 Å². The van der Waals surface area contributed by atoms with Gasteiger partial charge in [0.25, 0.3) is 5.91 Å². The summed E-state index contributed by atoms with van der Waals surface area (Å²) in [6.45, 7) is 6.77. The van der Waals surface area contributed by atoms with E-state index in [9.17, 15) is 4.79 Å². The Balaban J connectivity index is 1.97. The first-order valence-corrected chi connectivity index (χ1v) is 8.71. The van der Waals surface area contributed by atoms with Gasteiger partial charge in [0.2, 0.25) is 0 Å². The summed E-state index contributed by atoms with van der Waals surface area (Å²) in [5.41, 5.74) is 3.18. The maximum Gasteiger partial charge on any atom is 0.279 e. The number of amides is 1. The van der Waals surface area contributed by atoms with Gasteiger partial charge in [-0.05, 0) is 30.7 Å². The Morgan fingerprint density at radius 1 is 1.17 bits per heavy atom. The van der Waals surface area contributed by atoms with Crippen LogP contribution >= 0.6 is 15.9 Å². The van der Waals surface area contributed by atoms with E-state index in [1.165, 1.54) is 5.56 Å². The van der Waals surface area contributed by atoms with E-state index in [1.54, 1.807) is 0 Å². The monoisotopic (exact) mass is 375 g/mol. The molecule has 2 aromatic carbocycles. The third-order valence-electron chi connectivity index (χ3n) is 3.92. The summed E-state index contributed by atoms with van der Waals surface area (Å²) in [5, 5.41) is 5.11. The molecule has 2 aromatic rings. The smallest absolute Gasteiger partial charge is 0.279 e. The van der Waals surface area contributed by atoms with Crippen molar-refractivity contribution >= 4 is 27.5 Å². The molecule has 3 N–H and O–H groups in total. The number of benzene rings is 2. The van der Waals surface area contributed by atoms with E-state index in [0.717, 1.165) is 15.7 Å². The van der Waals surface area contributed by atoms with E-state index in [-0.39, 0.29) is 11.9 Å². The molecule has 122 valence electrons. The number of carbonyl (C=O) groups is 1. The second-order valence-corrected chi connectivity index (χ2v) is 7.04. The molecule has 0 aliphatic heterocycles. The average Bonchev–Trinajstić information content (AvgIpc) is 2.51. The Hall–Kier alpha value is -1.65. The Kier molecular flexibility index (Phi) is 6.37. The van der Waals surface area contributed by atoms with E-state index in [1.807, 2.05) is 43.3 Å². The van der Waals surface area contributed by atoms with Crippen LogP contribution in [-0.2, 0) is 4.79 Å². The number of rotatable bonds is 6. The highest BCUT2D eigenvalue weighted by atomic mass is 79.9. The number of nitrogens with one attached hydrogen (secondary N) is 1. The maximum absolute atomic E-state index is 12.3. The summed E-state index contributed by atoms with van der Waals surface area (Å²) < 4.78 is 1.02. The Labute approximate surface area is 146 Å². The molecule has 0 fully saturated rings. The second kappa shape index (κ2) is 8.27. The molecule has 2 rings (SSSR count). The van der Waals surface area contributed by atoms with Crippen LogP contribution < -0.4 is 10.6 Å². The van der Waals surface area contributed by atoms with Crippen LogP contribution in [0.2, 0.25) is 0 Å². The molecular formula is C19H24BrN2O+. The molecule has 0 aliphatic carbocycles. The van der Waals surface area contributed by atoms with Crippen LogP contribution in [-0.4, -0.2) is 12.5 Å². The minimum atomic E-state index is 0.0250. The fourth-order valence-corrected chi connectivity index (χ4v) is 3.15. The predicted octanol–water partition coefficient (Wildman–Crippen LogP) is 3.66. The minimum absolute atomic E-state index is 0.0250. The molecule has 0 heterocycles. The second-order valence-electron chi connectivity index (χ2n) is 6.13. The van der Waals surface area contributed by atoms with Gasteiger partial charge in [0.1, 0.15) is 6.04 Å².